The van der Waals surface area contributed by atoms with Crippen molar-refractivity contribution in [1.82, 2.24) is 5.32 Å². The fourth-order valence-electron chi connectivity index (χ4n) is 2.18. The molecule has 0 fully saturated rings. The maximum Gasteiger partial charge on any atom is 0.321 e. The molecule has 0 aromatic heterocycles. The van der Waals surface area contributed by atoms with Crippen LogP contribution in [0.5, 0.6) is 0 Å². The molecule has 18 heavy (non-hydrogen) atoms. The Hall–Kier alpha value is -1.51. The molecule has 3 heteroatoms. The van der Waals surface area contributed by atoms with Crippen LogP contribution >= 0.6 is 0 Å². The summed E-state index contributed by atoms with van der Waals surface area (Å²) in [7, 11) is 0. The lowest BCUT2D eigenvalue weighted by Gasteiger charge is -2.23. The minimum Gasteiger partial charge on any atom is -0.337 e. The topological polar surface area (TPSA) is 32.3 Å². The van der Waals surface area contributed by atoms with Crippen molar-refractivity contribution in [3.8, 4) is 0 Å². The van der Waals surface area contributed by atoms with Crippen LogP contribution in [0.1, 0.15) is 31.9 Å². The Labute approximate surface area is 109 Å². The number of aryl methyl sites for hydroxylation is 1. The lowest BCUT2D eigenvalue weighted by molar-refractivity contribution is 0.241. The van der Waals surface area contributed by atoms with E-state index in [1.165, 1.54) is 11.1 Å². The van der Waals surface area contributed by atoms with Crippen LogP contribution in [0.25, 0.3) is 0 Å². The van der Waals surface area contributed by atoms with Gasteiger partial charge in [-0.3, -0.25) is 4.90 Å². The SMILES string of the molecule is Cc1ccc2c(c1)CCN2C(=O)NCC(C)(C)C. The summed E-state index contributed by atoms with van der Waals surface area (Å²) in [6.07, 6.45) is 0.958. The first-order valence-electron chi connectivity index (χ1n) is 6.52. The van der Waals surface area contributed by atoms with E-state index in [4.69, 9.17) is 0 Å². The van der Waals surface area contributed by atoms with Gasteiger partial charge in [0, 0.05) is 18.8 Å². The smallest absolute Gasteiger partial charge is 0.321 e. The van der Waals surface area contributed by atoms with Crippen LogP contribution < -0.4 is 10.2 Å². The van der Waals surface area contributed by atoms with Crippen LogP contribution in [0, 0.1) is 12.3 Å². The zero-order chi connectivity index (χ0) is 13.3. The summed E-state index contributed by atoms with van der Waals surface area (Å²) in [4.78, 5) is 14.0. The molecule has 0 radical (unpaired) electrons. The van der Waals surface area contributed by atoms with Gasteiger partial charge in [-0.25, -0.2) is 4.79 Å². The van der Waals surface area contributed by atoms with E-state index in [0.29, 0.717) is 6.54 Å². The van der Waals surface area contributed by atoms with Gasteiger partial charge in [0.05, 0.1) is 0 Å². The number of nitrogens with zero attached hydrogens (tertiary/aromatic N) is 1. The third-order valence-corrected chi connectivity index (χ3v) is 3.15. The van der Waals surface area contributed by atoms with E-state index in [2.05, 4.69) is 45.1 Å². The molecule has 1 aliphatic heterocycles. The average molecular weight is 246 g/mol. The molecule has 0 aliphatic carbocycles. The maximum absolute atomic E-state index is 12.2. The quantitative estimate of drug-likeness (QED) is 0.811. The molecule has 2 amide bonds. The van der Waals surface area contributed by atoms with Gasteiger partial charge in [0.1, 0.15) is 0 Å². The van der Waals surface area contributed by atoms with Crippen molar-refractivity contribution in [1.29, 1.82) is 0 Å². The van der Waals surface area contributed by atoms with Gasteiger partial charge in [0.25, 0.3) is 0 Å². The molecule has 1 aromatic carbocycles. The molecule has 1 N–H and O–H groups in total. The van der Waals surface area contributed by atoms with Gasteiger partial charge < -0.3 is 5.32 Å². The Morgan fingerprint density at radius 3 is 2.78 bits per heavy atom. The minimum absolute atomic E-state index is 0.0209. The number of urea groups is 1. The Kier molecular flexibility index (Phi) is 3.33. The highest BCUT2D eigenvalue weighted by Gasteiger charge is 2.25. The number of hydrogen-bond donors (Lipinski definition) is 1. The molecule has 1 aliphatic rings. The fraction of sp³-hybridized carbons (Fsp3) is 0.533. The van der Waals surface area contributed by atoms with E-state index in [-0.39, 0.29) is 11.4 Å². The molecule has 0 unspecified atom stereocenters. The molecule has 0 saturated carbocycles. The number of amides is 2. The van der Waals surface area contributed by atoms with Crippen LogP contribution in [0.2, 0.25) is 0 Å². The van der Waals surface area contributed by atoms with E-state index < -0.39 is 0 Å². The number of anilines is 1. The summed E-state index contributed by atoms with van der Waals surface area (Å²) in [5.74, 6) is 0. The second-order valence-electron chi connectivity index (χ2n) is 6.25. The second kappa shape index (κ2) is 4.63. The monoisotopic (exact) mass is 246 g/mol. The molecular formula is C15H22N2O. The second-order valence-corrected chi connectivity index (χ2v) is 6.25. The standard InChI is InChI=1S/C15H22N2O/c1-11-5-6-13-12(9-11)7-8-17(13)14(18)16-10-15(2,3)4/h5-6,9H,7-8,10H2,1-4H3,(H,16,18). The summed E-state index contributed by atoms with van der Waals surface area (Å²) < 4.78 is 0. The summed E-state index contributed by atoms with van der Waals surface area (Å²) in [6, 6.07) is 6.31. The molecule has 3 nitrogen and oxygen atoms in total. The van der Waals surface area contributed by atoms with Crippen LogP contribution in [-0.4, -0.2) is 19.1 Å². The van der Waals surface area contributed by atoms with E-state index in [0.717, 1.165) is 18.7 Å². The van der Waals surface area contributed by atoms with Gasteiger partial charge in [-0.1, -0.05) is 38.5 Å². The zero-order valence-electron chi connectivity index (χ0n) is 11.7. The summed E-state index contributed by atoms with van der Waals surface area (Å²) in [5.41, 5.74) is 3.71. The molecule has 2 rings (SSSR count). The van der Waals surface area contributed by atoms with E-state index in [1.807, 2.05) is 11.0 Å². The average Bonchev–Trinajstić information content (AvgIpc) is 2.67. The fourth-order valence-corrected chi connectivity index (χ4v) is 2.18. The molecule has 1 aromatic rings. The predicted octanol–water partition coefficient (Wildman–Crippen LogP) is 3.11. The highest BCUT2D eigenvalue weighted by molar-refractivity contribution is 5.94. The van der Waals surface area contributed by atoms with Gasteiger partial charge >= 0.3 is 6.03 Å². The normalized spacial score (nSPS) is 14.6. The number of carbonyl (C=O) groups is 1. The lowest BCUT2D eigenvalue weighted by Crippen LogP contribution is -2.42. The van der Waals surface area contributed by atoms with Crippen LogP contribution in [0.3, 0.4) is 0 Å². The first-order chi connectivity index (χ1) is 8.37. The molecule has 98 valence electrons. The molecule has 1 heterocycles. The largest absolute Gasteiger partial charge is 0.337 e. The Balaban J connectivity index is 2.07. The third kappa shape index (κ3) is 2.84. The van der Waals surface area contributed by atoms with Gasteiger partial charge in [-0.2, -0.15) is 0 Å². The Morgan fingerprint density at radius 2 is 2.11 bits per heavy atom. The Morgan fingerprint density at radius 1 is 1.39 bits per heavy atom. The summed E-state index contributed by atoms with van der Waals surface area (Å²) in [6.45, 7) is 9.93. The van der Waals surface area contributed by atoms with Crippen molar-refractivity contribution in [3.05, 3.63) is 29.3 Å². The minimum atomic E-state index is 0.0209. The van der Waals surface area contributed by atoms with Crippen LogP contribution in [-0.2, 0) is 6.42 Å². The van der Waals surface area contributed by atoms with Gasteiger partial charge in [0.15, 0.2) is 0 Å². The molecule has 0 bridgehead atoms. The van der Waals surface area contributed by atoms with E-state index >= 15 is 0 Å². The molecular weight excluding hydrogens is 224 g/mol. The van der Waals surface area contributed by atoms with E-state index in [9.17, 15) is 4.79 Å². The van der Waals surface area contributed by atoms with Gasteiger partial charge in [-0.05, 0) is 30.4 Å². The number of rotatable bonds is 1. The van der Waals surface area contributed by atoms with E-state index in [1.54, 1.807) is 0 Å². The Bertz CT molecular complexity index is 460. The third-order valence-electron chi connectivity index (χ3n) is 3.15. The van der Waals surface area contributed by atoms with Gasteiger partial charge in [0.2, 0.25) is 0 Å². The summed E-state index contributed by atoms with van der Waals surface area (Å²) >= 11 is 0. The number of benzene rings is 1. The van der Waals surface area contributed by atoms with Crippen molar-refractivity contribution in [3.63, 3.8) is 0 Å². The van der Waals surface area contributed by atoms with Crippen LogP contribution in [0.15, 0.2) is 18.2 Å². The summed E-state index contributed by atoms with van der Waals surface area (Å²) in [5, 5.41) is 3.01. The molecule has 0 atom stereocenters. The lowest BCUT2D eigenvalue weighted by atomic mass is 9.97. The van der Waals surface area contributed by atoms with Crippen molar-refractivity contribution >= 4 is 11.7 Å². The van der Waals surface area contributed by atoms with Crippen LogP contribution in [0.4, 0.5) is 10.5 Å². The van der Waals surface area contributed by atoms with Crippen molar-refractivity contribution in [2.45, 2.75) is 34.1 Å². The van der Waals surface area contributed by atoms with Crippen molar-refractivity contribution < 1.29 is 4.79 Å². The van der Waals surface area contributed by atoms with Crippen molar-refractivity contribution in [2.75, 3.05) is 18.0 Å². The molecule has 0 spiro atoms. The maximum atomic E-state index is 12.2. The first kappa shape index (κ1) is 12.9. The highest BCUT2D eigenvalue weighted by Crippen LogP contribution is 2.28. The predicted molar refractivity (Wildman–Crippen MR) is 75.1 cm³/mol. The number of nitrogens with one attached hydrogen (secondary N) is 1. The van der Waals surface area contributed by atoms with Crippen molar-refractivity contribution in [2.24, 2.45) is 5.41 Å². The number of carbonyl (C=O) groups excluding carboxylic acids is 1. The zero-order valence-corrected chi connectivity index (χ0v) is 11.7. The highest BCUT2D eigenvalue weighted by atomic mass is 16.2. The number of fused-ring (bicyclic) bond motifs is 1. The van der Waals surface area contributed by atoms with Gasteiger partial charge in [-0.15, -0.1) is 0 Å². The number of hydrogen-bond acceptors (Lipinski definition) is 1. The molecule has 0 saturated heterocycles. The first-order valence-corrected chi connectivity index (χ1v) is 6.52.